The molecular formula is C33H46N4O9S. The smallest absolute Gasteiger partial charge is 0.407 e. The van der Waals surface area contributed by atoms with Crippen molar-refractivity contribution in [3.8, 4) is 5.75 Å². The molecule has 1 aromatic heterocycles. The fraction of sp³-hybridized carbons (Fsp3) is 0.576. The van der Waals surface area contributed by atoms with Gasteiger partial charge in [0, 0.05) is 37.2 Å². The summed E-state index contributed by atoms with van der Waals surface area (Å²) in [6.45, 7) is 8.18. The molecule has 5 rings (SSSR count). The first-order valence-electron chi connectivity index (χ1n) is 16.1. The maximum Gasteiger partial charge on any atom is 0.407 e. The highest BCUT2D eigenvalue weighted by molar-refractivity contribution is 7.89. The number of carboxylic acid groups (broad SMARTS) is 1. The molecule has 0 bridgehead atoms. The number of aromatic nitrogens is 1. The zero-order valence-corrected chi connectivity index (χ0v) is 28.4. The normalized spacial score (nSPS) is 21.3. The number of nitrogens with zero attached hydrogens (tertiary/aromatic N) is 3. The van der Waals surface area contributed by atoms with Gasteiger partial charge in [-0.05, 0) is 68.9 Å². The van der Waals surface area contributed by atoms with Crippen molar-refractivity contribution >= 4 is 33.2 Å². The van der Waals surface area contributed by atoms with Gasteiger partial charge in [0.2, 0.25) is 10.0 Å². The maximum absolute atomic E-state index is 14.2. The average Bonchev–Trinajstić information content (AvgIpc) is 3.66. The minimum absolute atomic E-state index is 0.0140. The number of methoxy groups -OCH3 is 1. The summed E-state index contributed by atoms with van der Waals surface area (Å²) in [4.78, 5) is 18.8. The Morgan fingerprint density at radius 3 is 2.51 bits per heavy atom. The standard InChI is InChI=1S/C33H46N4O9S/c1-20(2)18-36(47(41,42)24-9-10-26-30(17-24)46-32(35-26)34-21(3)4)19-29(38)28(16-22-7-6-8-23(15-22)43-5)37(33(39)40)27-12-14-45-31-25(27)11-13-44-31/h6-10,15,17,20-21,25,27-29,31,38H,11-14,16,18-19H2,1-5H3,(H,34,35)(H,39,40)/t25?,27?,28?,29-,31?/m1/s1. The van der Waals surface area contributed by atoms with E-state index in [0.29, 0.717) is 42.9 Å². The summed E-state index contributed by atoms with van der Waals surface area (Å²) in [5, 5.41) is 25.8. The molecule has 13 nitrogen and oxygen atoms in total. The van der Waals surface area contributed by atoms with Crippen LogP contribution in [0.4, 0.5) is 10.8 Å². The summed E-state index contributed by atoms with van der Waals surface area (Å²) in [5.41, 5.74) is 1.55. The second-order valence-corrected chi connectivity index (χ2v) is 14.9. The van der Waals surface area contributed by atoms with E-state index in [4.69, 9.17) is 18.6 Å². The van der Waals surface area contributed by atoms with Crippen LogP contribution in [0.1, 0.15) is 46.1 Å². The Hall–Kier alpha value is -3.43. The minimum atomic E-state index is -4.16. The topological polar surface area (TPSA) is 164 Å². The Kier molecular flexibility index (Phi) is 11.0. The van der Waals surface area contributed by atoms with Gasteiger partial charge in [0.15, 0.2) is 11.9 Å². The van der Waals surface area contributed by atoms with Gasteiger partial charge in [-0.25, -0.2) is 13.2 Å². The van der Waals surface area contributed by atoms with Gasteiger partial charge in [0.05, 0.1) is 37.4 Å². The Morgan fingerprint density at radius 2 is 1.83 bits per heavy atom. The number of hydrogen-bond acceptors (Lipinski definition) is 10. The number of ether oxygens (including phenoxy) is 3. The number of aliphatic hydroxyl groups is 1. The van der Waals surface area contributed by atoms with Crippen molar-refractivity contribution in [2.75, 3.05) is 38.7 Å². The lowest BCUT2D eigenvalue weighted by molar-refractivity contribution is -0.172. The highest BCUT2D eigenvalue weighted by Crippen LogP contribution is 2.36. The Labute approximate surface area is 275 Å². The van der Waals surface area contributed by atoms with Crippen molar-refractivity contribution in [2.45, 2.75) is 82.4 Å². The van der Waals surface area contributed by atoms with Crippen LogP contribution in [0.2, 0.25) is 0 Å². The molecule has 0 saturated carbocycles. The van der Waals surface area contributed by atoms with Gasteiger partial charge in [0.25, 0.3) is 6.01 Å². The van der Waals surface area contributed by atoms with Crippen LogP contribution in [0, 0.1) is 11.8 Å². The largest absolute Gasteiger partial charge is 0.497 e. The Balaban J connectivity index is 1.49. The summed E-state index contributed by atoms with van der Waals surface area (Å²) in [5.74, 6) is 0.290. The van der Waals surface area contributed by atoms with E-state index in [0.717, 1.165) is 5.56 Å². The van der Waals surface area contributed by atoms with Gasteiger partial charge < -0.3 is 34.2 Å². The third-order valence-corrected chi connectivity index (χ3v) is 10.4. The van der Waals surface area contributed by atoms with E-state index in [1.807, 2.05) is 33.8 Å². The average molecular weight is 675 g/mol. The number of hydrogen-bond donors (Lipinski definition) is 3. The molecule has 3 aromatic rings. The van der Waals surface area contributed by atoms with Crippen molar-refractivity contribution in [1.82, 2.24) is 14.2 Å². The highest BCUT2D eigenvalue weighted by atomic mass is 32.2. The molecule has 3 N–H and O–H groups in total. The number of fused-ring (bicyclic) bond motifs is 2. The third kappa shape index (κ3) is 8.00. The quantitative estimate of drug-likeness (QED) is 0.222. The number of oxazole rings is 1. The molecular weight excluding hydrogens is 628 g/mol. The Bertz CT molecular complexity index is 1630. The molecule has 0 spiro atoms. The number of anilines is 1. The van der Waals surface area contributed by atoms with E-state index in [-0.39, 0.29) is 48.3 Å². The summed E-state index contributed by atoms with van der Waals surface area (Å²) < 4.78 is 52.3. The molecule has 2 saturated heterocycles. The van der Waals surface area contributed by atoms with Crippen LogP contribution in [-0.4, -0.2) is 103 Å². The summed E-state index contributed by atoms with van der Waals surface area (Å²) in [6, 6.07) is 10.6. The molecule has 3 heterocycles. The fourth-order valence-electron chi connectivity index (χ4n) is 6.51. The van der Waals surface area contributed by atoms with Crippen LogP contribution < -0.4 is 10.1 Å². The van der Waals surface area contributed by atoms with E-state index in [2.05, 4.69) is 10.3 Å². The monoisotopic (exact) mass is 674 g/mol. The van der Waals surface area contributed by atoms with E-state index in [1.165, 1.54) is 21.3 Å². The van der Waals surface area contributed by atoms with Crippen molar-refractivity contribution in [3.63, 3.8) is 0 Å². The number of aliphatic hydroxyl groups excluding tert-OH is 1. The number of nitrogens with one attached hydrogen (secondary N) is 1. The van der Waals surface area contributed by atoms with Crippen molar-refractivity contribution in [1.29, 1.82) is 0 Å². The maximum atomic E-state index is 14.2. The zero-order valence-electron chi connectivity index (χ0n) is 27.5. The summed E-state index contributed by atoms with van der Waals surface area (Å²) in [6.07, 6.45) is -1.93. The highest BCUT2D eigenvalue weighted by Gasteiger charge is 2.47. The lowest BCUT2D eigenvalue weighted by Crippen LogP contribution is -2.59. The van der Waals surface area contributed by atoms with Crippen LogP contribution in [-0.2, 0) is 25.9 Å². The van der Waals surface area contributed by atoms with Gasteiger partial charge in [-0.15, -0.1) is 0 Å². The molecule has 2 fully saturated rings. The molecule has 1 amide bonds. The number of benzene rings is 2. The molecule has 2 aliphatic rings. The molecule has 14 heteroatoms. The lowest BCUT2D eigenvalue weighted by atomic mass is 9.88. The number of sulfonamides is 1. The third-order valence-electron chi connectivity index (χ3n) is 8.60. The molecule has 2 aromatic carbocycles. The van der Waals surface area contributed by atoms with Gasteiger partial charge in [0.1, 0.15) is 11.3 Å². The van der Waals surface area contributed by atoms with Crippen molar-refractivity contribution < 1.29 is 42.1 Å². The molecule has 4 unspecified atom stereocenters. The van der Waals surface area contributed by atoms with Crippen LogP contribution >= 0.6 is 0 Å². The van der Waals surface area contributed by atoms with E-state index >= 15 is 0 Å². The first kappa shape index (κ1) is 34.9. The molecule has 0 radical (unpaired) electrons. The van der Waals surface area contributed by atoms with Crippen LogP contribution in [0.3, 0.4) is 0 Å². The van der Waals surface area contributed by atoms with Crippen LogP contribution in [0.5, 0.6) is 5.75 Å². The van der Waals surface area contributed by atoms with Gasteiger partial charge in [-0.1, -0.05) is 26.0 Å². The number of rotatable bonds is 14. The summed E-state index contributed by atoms with van der Waals surface area (Å²) in [7, 11) is -2.61. The molecule has 0 aliphatic carbocycles. The fourth-order valence-corrected chi connectivity index (χ4v) is 8.15. The Morgan fingerprint density at radius 1 is 1.09 bits per heavy atom. The predicted molar refractivity (Wildman–Crippen MR) is 175 cm³/mol. The SMILES string of the molecule is COc1cccc(CC([C@H](O)CN(CC(C)C)S(=O)(=O)c2ccc3nc(NC(C)C)oc3c2)N(C(=O)O)C2CCOC3OCCC32)c1. The number of carbonyl (C=O) groups is 1. The van der Waals surface area contributed by atoms with Gasteiger partial charge >= 0.3 is 6.09 Å². The van der Waals surface area contributed by atoms with Crippen molar-refractivity contribution in [2.24, 2.45) is 11.8 Å². The lowest BCUT2D eigenvalue weighted by Gasteiger charge is -2.44. The van der Waals surface area contributed by atoms with E-state index in [9.17, 15) is 23.4 Å². The molecule has 2 aliphatic heterocycles. The van der Waals surface area contributed by atoms with E-state index in [1.54, 1.807) is 31.4 Å². The predicted octanol–water partition coefficient (Wildman–Crippen LogP) is 4.41. The second kappa shape index (κ2) is 14.8. The van der Waals surface area contributed by atoms with Crippen LogP contribution in [0.25, 0.3) is 11.1 Å². The first-order chi connectivity index (χ1) is 22.4. The van der Waals surface area contributed by atoms with Gasteiger partial charge in [-0.2, -0.15) is 9.29 Å². The second-order valence-electron chi connectivity index (χ2n) is 13.0. The van der Waals surface area contributed by atoms with E-state index < -0.39 is 40.6 Å². The van der Waals surface area contributed by atoms with Gasteiger partial charge in [-0.3, -0.25) is 4.90 Å². The molecule has 5 atom stereocenters. The minimum Gasteiger partial charge on any atom is -0.497 e. The zero-order chi connectivity index (χ0) is 33.9. The molecule has 47 heavy (non-hydrogen) atoms. The molecule has 258 valence electrons. The van der Waals surface area contributed by atoms with Crippen LogP contribution in [0.15, 0.2) is 51.8 Å². The number of amides is 1. The summed E-state index contributed by atoms with van der Waals surface area (Å²) >= 11 is 0. The van der Waals surface area contributed by atoms with Crippen molar-refractivity contribution in [3.05, 3.63) is 48.0 Å². The first-order valence-corrected chi connectivity index (χ1v) is 17.5.